The van der Waals surface area contributed by atoms with Crippen LogP contribution in [0.4, 0.5) is 0 Å². The van der Waals surface area contributed by atoms with Crippen LogP contribution in [0.2, 0.25) is 0 Å². The van der Waals surface area contributed by atoms with E-state index in [0.717, 1.165) is 47.3 Å². The van der Waals surface area contributed by atoms with Crippen LogP contribution in [0.5, 0.6) is 0 Å². The third-order valence-electron chi connectivity index (χ3n) is 7.40. The molecule has 0 bridgehead atoms. The van der Waals surface area contributed by atoms with Crippen LogP contribution in [0, 0.1) is 47.3 Å². The minimum Gasteiger partial charge on any atom is -0.0776 e. The first-order chi connectivity index (χ1) is 13.2. The topological polar surface area (TPSA) is 0 Å². The molecule has 0 radical (unpaired) electrons. The second-order valence-electron chi connectivity index (χ2n) is 10.3. The molecule has 29 heavy (non-hydrogen) atoms. The first-order valence-electron chi connectivity index (χ1n) is 13.2. The van der Waals surface area contributed by atoms with Gasteiger partial charge in [0.05, 0.1) is 0 Å². The van der Waals surface area contributed by atoms with Gasteiger partial charge in [-0.1, -0.05) is 90.5 Å². The van der Waals surface area contributed by atoms with Gasteiger partial charge in [-0.2, -0.15) is 0 Å². The first-order valence-corrected chi connectivity index (χ1v) is 13.2. The van der Waals surface area contributed by atoms with Crippen LogP contribution >= 0.6 is 0 Å². The van der Waals surface area contributed by atoms with Gasteiger partial charge in [0, 0.05) is 0 Å². The summed E-state index contributed by atoms with van der Waals surface area (Å²) in [5, 5.41) is 0. The Morgan fingerprint density at radius 3 is 0.517 bits per heavy atom. The van der Waals surface area contributed by atoms with E-state index in [-0.39, 0.29) is 7.43 Å². The van der Waals surface area contributed by atoms with E-state index in [9.17, 15) is 0 Å². The SMILES string of the molecule is C.CC.CC.CC(C)C1CCC(C(C)C)CC1.CC(C)C1CCC(C(C)C)CC1. The van der Waals surface area contributed by atoms with Crippen molar-refractivity contribution in [3.8, 4) is 0 Å². The molecule has 2 aliphatic rings. The van der Waals surface area contributed by atoms with Gasteiger partial charge >= 0.3 is 0 Å². The summed E-state index contributed by atoms with van der Waals surface area (Å²) in [6.45, 7) is 27.0. The molecule has 2 saturated carbocycles. The highest BCUT2D eigenvalue weighted by molar-refractivity contribution is 4.76. The average molecular weight is 413 g/mol. The maximum atomic E-state index is 2.38. The quantitative estimate of drug-likeness (QED) is 0.430. The van der Waals surface area contributed by atoms with Gasteiger partial charge in [0.1, 0.15) is 0 Å². The van der Waals surface area contributed by atoms with Crippen molar-refractivity contribution in [2.75, 3.05) is 0 Å². The summed E-state index contributed by atoms with van der Waals surface area (Å²) >= 11 is 0. The monoisotopic (exact) mass is 413 g/mol. The van der Waals surface area contributed by atoms with Crippen LogP contribution in [-0.4, -0.2) is 0 Å². The summed E-state index contributed by atoms with van der Waals surface area (Å²) in [6.07, 6.45) is 11.9. The Morgan fingerprint density at radius 1 is 0.345 bits per heavy atom. The van der Waals surface area contributed by atoms with E-state index >= 15 is 0 Å². The van der Waals surface area contributed by atoms with E-state index in [1.165, 1.54) is 51.4 Å². The molecule has 2 fully saturated rings. The van der Waals surface area contributed by atoms with Crippen molar-refractivity contribution in [3.63, 3.8) is 0 Å². The fourth-order valence-corrected chi connectivity index (χ4v) is 4.96. The smallest absolute Gasteiger partial charge is 0.0391 e. The highest BCUT2D eigenvalue weighted by atomic mass is 14.3. The van der Waals surface area contributed by atoms with Gasteiger partial charge in [0.25, 0.3) is 0 Å². The molecule has 0 unspecified atom stereocenters. The lowest BCUT2D eigenvalue weighted by atomic mass is 9.73. The van der Waals surface area contributed by atoms with Crippen molar-refractivity contribution in [1.29, 1.82) is 0 Å². The third kappa shape index (κ3) is 14.6. The fourth-order valence-electron chi connectivity index (χ4n) is 4.96. The normalized spacial score (nSPS) is 26.5. The molecule has 2 rings (SSSR count). The van der Waals surface area contributed by atoms with Crippen molar-refractivity contribution in [2.24, 2.45) is 47.3 Å². The summed E-state index contributed by atoms with van der Waals surface area (Å²) in [5.74, 6) is 7.77. The summed E-state index contributed by atoms with van der Waals surface area (Å²) in [5.41, 5.74) is 0. The van der Waals surface area contributed by atoms with Crippen molar-refractivity contribution in [2.45, 2.75) is 142 Å². The van der Waals surface area contributed by atoms with Gasteiger partial charge in [-0.15, -0.1) is 0 Å². The van der Waals surface area contributed by atoms with E-state index in [4.69, 9.17) is 0 Å². The van der Waals surface area contributed by atoms with E-state index in [1.807, 2.05) is 27.7 Å². The third-order valence-corrected chi connectivity index (χ3v) is 7.40. The molecule has 0 aromatic carbocycles. The Hall–Kier alpha value is 0. The fraction of sp³-hybridized carbons (Fsp3) is 1.00. The van der Waals surface area contributed by atoms with Gasteiger partial charge in [-0.05, 0) is 98.7 Å². The molecule has 0 N–H and O–H groups in total. The minimum absolute atomic E-state index is 0. The standard InChI is InChI=1S/2C12H24.2C2H6.CH4/c2*1-9(2)11-5-7-12(8-6-11)10(3)4;2*1-2;/h2*9-12H,5-8H2,1-4H3;2*1-2H3;1H4. The lowest BCUT2D eigenvalue weighted by molar-refractivity contribution is 0.189. The molecule has 0 atom stereocenters. The van der Waals surface area contributed by atoms with Crippen LogP contribution in [0.3, 0.4) is 0 Å². The predicted molar refractivity (Wildman–Crippen MR) is 140 cm³/mol. The minimum atomic E-state index is 0. The average Bonchev–Trinajstić information content (AvgIpc) is 2.71. The molecule has 180 valence electrons. The second-order valence-corrected chi connectivity index (χ2v) is 10.3. The predicted octanol–water partition coefficient (Wildman–Crippen LogP) is 10.9. The van der Waals surface area contributed by atoms with Crippen molar-refractivity contribution < 1.29 is 0 Å². The number of rotatable bonds is 4. The maximum absolute atomic E-state index is 2.38. The Bertz CT molecular complexity index is 232. The van der Waals surface area contributed by atoms with Crippen molar-refractivity contribution >= 4 is 0 Å². The maximum Gasteiger partial charge on any atom is -0.0391 e. The number of hydrogen-bond acceptors (Lipinski definition) is 0. The van der Waals surface area contributed by atoms with E-state index in [1.54, 1.807) is 0 Å². The van der Waals surface area contributed by atoms with E-state index < -0.39 is 0 Å². The molecule has 0 heteroatoms. The summed E-state index contributed by atoms with van der Waals surface area (Å²) in [6, 6.07) is 0. The van der Waals surface area contributed by atoms with Crippen LogP contribution in [0.25, 0.3) is 0 Å². The zero-order chi connectivity index (χ0) is 22.3. The van der Waals surface area contributed by atoms with E-state index in [0.29, 0.717) is 0 Å². The summed E-state index contributed by atoms with van der Waals surface area (Å²) in [4.78, 5) is 0. The summed E-state index contributed by atoms with van der Waals surface area (Å²) in [7, 11) is 0. The molecular formula is C29H64. The first kappa shape index (κ1) is 33.6. The van der Waals surface area contributed by atoms with Crippen LogP contribution in [-0.2, 0) is 0 Å². The Labute approximate surface area is 189 Å². The second kappa shape index (κ2) is 19.9. The van der Waals surface area contributed by atoms with Crippen LogP contribution in [0.15, 0.2) is 0 Å². The van der Waals surface area contributed by atoms with Gasteiger partial charge in [-0.3, -0.25) is 0 Å². The Morgan fingerprint density at radius 2 is 0.448 bits per heavy atom. The van der Waals surface area contributed by atoms with E-state index in [2.05, 4.69) is 55.4 Å². The molecular weight excluding hydrogens is 348 g/mol. The Kier molecular flexibility index (Phi) is 23.1. The lowest BCUT2D eigenvalue weighted by Gasteiger charge is -2.32. The highest BCUT2D eigenvalue weighted by Gasteiger charge is 2.25. The van der Waals surface area contributed by atoms with Crippen LogP contribution < -0.4 is 0 Å². The van der Waals surface area contributed by atoms with Gasteiger partial charge < -0.3 is 0 Å². The molecule has 0 spiro atoms. The van der Waals surface area contributed by atoms with Crippen molar-refractivity contribution in [3.05, 3.63) is 0 Å². The molecule has 2 aliphatic carbocycles. The molecule has 0 aromatic heterocycles. The number of hydrogen-bond donors (Lipinski definition) is 0. The Balaban J connectivity index is -0.000000386. The largest absolute Gasteiger partial charge is 0.0776 e. The molecule has 0 heterocycles. The lowest BCUT2D eigenvalue weighted by Crippen LogP contribution is -2.21. The zero-order valence-corrected chi connectivity index (χ0v) is 22.3. The summed E-state index contributed by atoms with van der Waals surface area (Å²) < 4.78 is 0. The highest BCUT2D eigenvalue weighted by Crippen LogP contribution is 2.37. The van der Waals surface area contributed by atoms with Crippen molar-refractivity contribution in [1.82, 2.24) is 0 Å². The molecule has 0 saturated heterocycles. The van der Waals surface area contributed by atoms with Crippen LogP contribution in [0.1, 0.15) is 142 Å². The molecule has 0 nitrogen and oxygen atoms in total. The van der Waals surface area contributed by atoms with Gasteiger partial charge in [-0.25, -0.2) is 0 Å². The zero-order valence-electron chi connectivity index (χ0n) is 22.3. The molecule has 0 amide bonds. The molecule has 0 aliphatic heterocycles. The van der Waals surface area contributed by atoms with Gasteiger partial charge in [0.15, 0.2) is 0 Å². The van der Waals surface area contributed by atoms with Gasteiger partial charge in [0.2, 0.25) is 0 Å². The molecule has 0 aromatic rings.